The molecule has 3 rings (SSSR count). The molecule has 0 aromatic heterocycles. The van der Waals surface area contributed by atoms with E-state index in [0.717, 1.165) is 25.2 Å². The van der Waals surface area contributed by atoms with Crippen molar-refractivity contribution in [1.29, 1.82) is 5.41 Å². The molecule has 176 valence electrons. The number of benzene rings is 2. The molecule has 0 spiro atoms. The molecule has 1 heterocycles. The molecule has 0 saturated carbocycles. The summed E-state index contributed by atoms with van der Waals surface area (Å²) in [5.74, 6) is 0.927. The zero-order valence-corrected chi connectivity index (χ0v) is 21.0. The van der Waals surface area contributed by atoms with E-state index in [-0.39, 0.29) is 17.8 Å². The molecule has 2 aromatic carbocycles. The zero-order valence-electron chi connectivity index (χ0n) is 20.1. The lowest BCUT2D eigenvalue weighted by Crippen LogP contribution is -2.53. The van der Waals surface area contributed by atoms with Crippen LogP contribution < -0.4 is 10.3 Å². The number of morpholine rings is 1. The number of halogens is 1. The molecule has 2 aromatic rings. The van der Waals surface area contributed by atoms with Crippen molar-refractivity contribution in [2.45, 2.75) is 58.9 Å². The molecule has 0 amide bonds. The predicted octanol–water partition coefficient (Wildman–Crippen LogP) is 5.70. The fraction of sp³-hybridized carbons (Fsp3) is 0.500. The summed E-state index contributed by atoms with van der Waals surface area (Å²) < 4.78 is 5.44. The van der Waals surface area contributed by atoms with E-state index in [0.29, 0.717) is 31.6 Å². The zero-order chi connectivity index (χ0) is 22.4. The second kappa shape index (κ2) is 11.7. The van der Waals surface area contributed by atoms with Gasteiger partial charge in [0.1, 0.15) is 0 Å². The number of hydrazine groups is 1. The highest BCUT2D eigenvalue weighted by molar-refractivity contribution is 5.93. The van der Waals surface area contributed by atoms with Gasteiger partial charge in [0.2, 0.25) is 5.96 Å². The van der Waals surface area contributed by atoms with Crippen LogP contribution in [0.15, 0.2) is 48.5 Å². The molecule has 0 aliphatic carbocycles. The Hall–Kier alpha value is -2.08. The van der Waals surface area contributed by atoms with Gasteiger partial charge in [-0.25, -0.2) is 5.01 Å². The largest absolute Gasteiger partial charge is 0.379 e. The molecule has 1 aliphatic rings. The maximum Gasteiger partial charge on any atom is 0.210 e. The standard InChI is InChI=1S/C26H38N4O.ClH/c1-6-20(2)22-9-13-24(14-10-22)30(25(27)28-29-15-17-31-18-16-29)19-21-7-11-23(12-8-21)26(3,4)5;/h7-14,20H,6,15-19H2,1-5H3,(H2,27,28);1H. The summed E-state index contributed by atoms with van der Waals surface area (Å²) in [4.78, 5) is 2.04. The molecular weight excluding hydrogens is 420 g/mol. The van der Waals surface area contributed by atoms with E-state index in [1.165, 1.54) is 16.7 Å². The summed E-state index contributed by atoms with van der Waals surface area (Å²) in [5.41, 5.74) is 8.29. The number of nitrogens with zero attached hydrogens (tertiary/aromatic N) is 2. The van der Waals surface area contributed by atoms with Crippen LogP contribution in [-0.4, -0.2) is 37.3 Å². The Morgan fingerprint density at radius 3 is 2.19 bits per heavy atom. The van der Waals surface area contributed by atoms with Crippen molar-refractivity contribution >= 4 is 24.1 Å². The summed E-state index contributed by atoms with van der Waals surface area (Å²) in [6.07, 6.45) is 1.12. The van der Waals surface area contributed by atoms with E-state index in [1.807, 2.05) is 4.90 Å². The molecule has 32 heavy (non-hydrogen) atoms. The third-order valence-electron chi connectivity index (χ3n) is 6.09. The molecule has 2 N–H and O–H groups in total. The van der Waals surface area contributed by atoms with Gasteiger partial charge in [0.25, 0.3) is 0 Å². The van der Waals surface area contributed by atoms with Gasteiger partial charge in [-0.05, 0) is 46.6 Å². The second-order valence-corrected chi connectivity index (χ2v) is 9.49. The first kappa shape index (κ1) is 26.2. The molecule has 1 atom stereocenters. The highest BCUT2D eigenvalue weighted by Gasteiger charge is 2.19. The van der Waals surface area contributed by atoms with Crippen LogP contribution >= 0.6 is 12.4 Å². The maximum atomic E-state index is 8.82. The summed E-state index contributed by atoms with van der Waals surface area (Å²) in [5, 5.41) is 10.9. The number of anilines is 1. The highest BCUT2D eigenvalue weighted by atomic mass is 35.5. The Labute approximate surface area is 200 Å². The Balaban J connectivity index is 0.00000363. The summed E-state index contributed by atoms with van der Waals surface area (Å²) >= 11 is 0. The molecule has 1 fully saturated rings. The second-order valence-electron chi connectivity index (χ2n) is 9.49. The first-order valence-electron chi connectivity index (χ1n) is 11.4. The van der Waals surface area contributed by atoms with Gasteiger partial charge in [0, 0.05) is 18.8 Å². The van der Waals surface area contributed by atoms with Crippen LogP contribution in [0, 0.1) is 5.41 Å². The topological polar surface area (TPSA) is 51.6 Å². The minimum Gasteiger partial charge on any atom is -0.379 e. The van der Waals surface area contributed by atoms with E-state index in [4.69, 9.17) is 10.1 Å². The predicted molar refractivity (Wildman–Crippen MR) is 137 cm³/mol. The average molecular weight is 459 g/mol. The van der Waals surface area contributed by atoms with Gasteiger partial charge in [-0.3, -0.25) is 10.8 Å². The van der Waals surface area contributed by atoms with Gasteiger partial charge < -0.3 is 9.64 Å². The summed E-state index contributed by atoms with van der Waals surface area (Å²) in [6.45, 7) is 14.8. The van der Waals surface area contributed by atoms with Gasteiger partial charge in [0.05, 0.1) is 19.8 Å². The first-order chi connectivity index (χ1) is 14.8. The molecule has 1 saturated heterocycles. The SMILES string of the molecule is CCC(C)c1ccc(N(Cc2ccc(C(C)(C)C)cc2)C(=N)NN2CCOCC2)cc1.Cl. The minimum atomic E-state index is 0. The van der Waals surface area contributed by atoms with Gasteiger partial charge >= 0.3 is 0 Å². The number of hydrogen-bond donors (Lipinski definition) is 2. The fourth-order valence-electron chi connectivity index (χ4n) is 3.70. The Bertz CT molecular complexity index is 840. The molecule has 1 aliphatic heterocycles. The van der Waals surface area contributed by atoms with Crippen LogP contribution in [0.25, 0.3) is 0 Å². The lowest BCUT2D eigenvalue weighted by Gasteiger charge is -2.33. The minimum absolute atomic E-state index is 0. The first-order valence-corrected chi connectivity index (χ1v) is 11.4. The summed E-state index contributed by atoms with van der Waals surface area (Å²) in [7, 11) is 0. The van der Waals surface area contributed by atoms with E-state index < -0.39 is 0 Å². The maximum absolute atomic E-state index is 8.82. The van der Waals surface area contributed by atoms with Crippen molar-refractivity contribution < 1.29 is 4.74 Å². The van der Waals surface area contributed by atoms with Gasteiger partial charge in [-0.1, -0.05) is 71.0 Å². The van der Waals surface area contributed by atoms with Crippen molar-refractivity contribution in [3.05, 3.63) is 65.2 Å². The third-order valence-corrected chi connectivity index (χ3v) is 6.09. The van der Waals surface area contributed by atoms with Crippen molar-refractivity contribution in [3.63, 3.8) is 0 Å². The van der Waals surface area contributed by atoms with Crippen molar-refractivity contribution in [2.75, 3.05) is 31.2 Å². The number of rotatable bonds is 6. The molecule has 6 heteroatoms. The van der Waals surface area contributed by atoms with Gasteiger partial charge in [-0.2, -0.15) is 0 Å². The normalized spacial score (nSPS) is 15.5. The van der Waals surface area contributed by atoms with E-state index in [2.05, 4.69) is 93.6 Å². The molecule has 0 bridgehead atoms. The summed E-state index contributed by atoms with van der Waals surface area (Å²) in [6, 6.07) is 17.5. The van der Waals surface area contributed by atoms with Crippen LogP contribution in [0.2, 0.25) is 0 Å². The molecular formula is C26H39ClN4O. The van der Waals surface area contributed by atoms with Crippen molar-refractivity contribution in [3.8, 4) is 0 Å². The highest BCUT2D eigenvalue weighted by Crippen LogP contribution is 2.25. The quantitative estimate of drug-likeness (QED) is 0.430. The van der Waals surface area contributed by atoms with Gasteiger partial charge in [0.15, 0.2) is 0 Å². The molecule has 0 radical (unpaired) electrons. The average Bonchev–Trinajstić information content (AvgIpc) is 2.77. The van der Waals surface area contributed by atoms with E-state index >= 15 is 0 Å². The Morgan fingerprint density at radius 2 is 1.66 bits per heavy atom. The fourth-order valence-corrected chi connectivity index (χ4v) is 3.70. The van der Waals surface area contributed by atoms with Crippen LogP contribution in [0.4, 0.5) is 5.69 Å². The number of nitrogens with one attached hydrogen (secondary N) is 2. The van der Waals surface area contributed by atoms with Crippen LogP contribution in [0.5, 0.6) is 0 Å². The number of ether oxygens (including phenoxy) is 1. The lowest BCUT2D eigenvalue weighted by atomic mass is 9.87. The van der Waals surface area contributed by atoms with Crippen molar-refractivity contribution in [1.82, 2.24) is 10.4 Å². The Kier molecular flexibility index (Phi) is 9.56. The van der Waals surface area contributed by atoms with Crippen LogP contribution in [0.1, 0.15) is 63.6 Å². The van der Waals surface area contributed by atoms with Gasteiger partial charge in [-0.15, -0.1) is 12.4 Å². The lowest BCUT2D eigenvalue weighted by molar-refractivity contribution is 0.0243. The van der Waals surface area contributed by atoms with Crippen LogP contribution in [0.3, 0.4) is 0 Å². The molecule has 1 unspecified atom stereocenters. The molecule has 5 nitrogen and oxygen atoms in total. The monoisotopic (exact) mass is 458 g/mol. The van der Waals surface area contributed by atoms with E-state index in [1.54, 1.807) is 0 Å². The smallest absolute Gasteiger partial charge is 0.210 e. The third kappa shape index (κ3) is 6.96. The van der Waals surface area contributed by atoms with Crippen molar-refractivity contribution in [2.24, 2.45) is 0 Å². The van der Waals surface area contributed by atoms with E-state index in [9.17, 15) is 0 Å². The Morgan fingerprint density at radius 1 is 1.06 bits per heavy atom. The number of hydrogen-bond acceptors (Lipinski definition) is 3. The number of guanidine groups is 1. The van der Waals surface area contributed by atoms with Crippen LogP contribution in [-0.2, 0) is 16.7 Å².